The lowest BCUT2D eigenvalue weighted by Gasteiger charge is -2.36. The van der Waals surface area contributed by atoms with E-state index in [2.05, 4.69) is 30.1 Å². The molecule has 0 amide bonds. The Balaban J connectivity index is 1.24. The van der Waals surface area contributed by atoms with Crippen LogP contribution in [0.15, 0.2) is 58.9 Å². The van der Waals surface area contributed by atoms with Gasteiger partial charge in [0.1, 0.15) is 48.1 Å². The van der Waals surface area contributed by atoms with E-state index >= 15 is 0 Å². The fourth-order valence-corrected chi connectivity index (χ4v) is 8.41. The third-order valence-electron chi connectivity index (χ3n) is 11.3. The van der Waals surface area contributed by atoms with Gasteiger partial charge in [0.25, 0.3) is 6.23 Å². The molecule has 1 unspecified atom stereocenters. The molecule has 1 spiro atoms. The van der Waals surface area contributed by atoms with Gasteiger partial charge in [0.05, 0.1) is 29.4 Å². The average Bonchev–Trinajstić information content (AvgIpc) is 3.86. The van der Waals surface area contributed by atoms with Gasteiger partial charge in [-0.15, -0.1) is 0 Å². The van der Waals surface area contributed by atoms with Crippen LogP contribution in [-0.2, 0) is 17.6 Å². The van der Waals surface area contributed by atoms with Gasteiger partial charge < -0.3 is 41.4 Å². The summed E-state index contributed by atoms with van der Waals surface area (Å²) in [4.78, 5) is 18.7. The van der Waals surface area contributed by atoms with Crippen LogP contribution in [0, 0.1) is 35.2 Å². The van der Waals surface area contributed by atoms with Crippen molar-refractivity contribution in [3.05, 3.63) is 76.1 Å². The molecule has 2 bridgehead atoms. The molecule has 7 rings (SSSR count). The van der Waals surface area contributed by atoms with E-state index < -0.39 is 42.0 Å². The summed E-state index contributed by atoms with van der Waals surface area (Å²) in [5, 5.41) is 43.2. The first kappa shape index (κ1) is 36.9. The molecule has 0 aromatic heterocycles. The van der Waals surface area contributed by atoms with Gasteiger partial charge in [-0.2, -0.15) is 0 Å². The van der Waals surface area contributed by atoms with E-state index in [0.717, 1.165) is 65.0 Å². The molecule has 9 N–H and O–H groups in total. The molecule has 53 heavy (non-hydrogen) atoms. The summed E-state index contributed by atoms with van der Waals surface area (Å²) in [5.74, 6) is 10.1. The Kier molecular flexibility index (Phi) is 10.8. The van der Waals surface area contributed by atoms with Crippen LogP contribution < -0.4 is 25.8 Å². The molecule has 4 heterocycles. The number of phenols is 1. The Hall–Kier alpha value is -4.46. The van der Waals surface area contributed by atoms with Crippen molar-refractivity contribution >= 4 is 11.5 Å². The molecule has 0 saturated heterocycles. The highest BCUT2D eigenvalue weighted by molar-refractivity contribution is 6.08. The van der Waals surface area contributed by atoms with Crippen LogP contribution in [0.25, 0.3) is 0 Å². The zero-order valence-electron chi connectivity index (χ0n) is 30.1. The third-order valence-corrected chi connectivity index (χ3v) is 11.3. The topological polar surface area (TPSA) is 185 Å². The fraction of sp³-hybridized carbons (Fsp3) is 0.476. The van der Waals surface area contributed by atoms with Gasteiger partial charge in [-0.25, -0.2) is 0 Å². The lowest BCUT2D eigenvalue weighted by molar-refractivity contribution is -0.888. The predicted molar refractivity (Wildman–Crippen MR) is 198 cm³/mol. The Morgan fingerprint density at radius 3 is 2.70 bits per heavy atom. The summed E-state index contributed by atoms with van der Waals surface area (Å²) < 4.78 is 13.0. The highest BCUT2D eigenvalue weighted by atomic mass is 16.5. The predicted octanol–water partition coefficient (Wildman–Crippen LogP) is 2.76. The number of aryl methyl sites for hydroxylation is 1. The van der Waals surface area contributed by atoms with Gasteiger partial charge in [-0.3, -0.25) is 14.7 Å². The number of quaternary nitrogens is 1. The number of allylic oxidation sites excluding steroid dienone is 1. The quantitative estimate of drug-likeness (QED) is 0.143. The molecular formula is C42H49N4O7+. The van der Waals surface area contributed by atoms with Crippen LogP contribution in [0.5, 0.6) is 17.2 Å². The number of hydrogen-bond donors (Lipinski definition) is 7. The number of nitrogens with two attached hydrogens (primary N) is 2. The van der Waals surface area contributed by atoms with Gasteiger partial charge in [0.2, 0.25) is 0 Å². The summed E-state index contributed by atoms with van der Waals surface area (Å²) >= 11 is 0. The van der Waals surface area contributed by atoms with Crippen molar-refractivity contribution in [3.8, 4) is 41.1 Å². The molecule has 1 aliphatic carbocycles. The summed E-state index contributed by atoms with van der Waals surface area (Å²) in [6, 6.07) is 8.80. The SMILES string of the molecule is CCC[C@H](O)C[C@@H](O)CC(=O)CCc1cc2c(cc1O)OC#CC1(CCCC1)[C@@H]1C#C[C@H](O)c3ccc(C(N)N)cc3CC3=CN=C4C[NH+](C=C34)[C@@H]1O2. The van der Waals surface area contributed by atoms with Gasteiger partial charge in [0.15, 0.2) is 11.5 Å². The summed E-state index contributed by atoms with van der Waals surface area (Å²) in [5.41, 5.74) is 17.3. The van der Waals surface area contributed by atoms with E-state index in [9.17, 15) is 25.2 Å². The number of aliphatic hydroxyl groups is 3. The van der Waals surface area contributed by atoms with Gasteiger partial charge in [-0.1, -0.05) is 62.1 Å². The average molecular weight is 722 g/mol. The van der Waals surface area contributed by atoms with Crippen molar-refractivity contribution in [2.75, 3.05) is 6.54 Å². The first-order valence-electron chi connectivity index (χ1n) is 18.8. The first-order valence-corrected chi connectivity index (χ1v) is 18.8. The second-order valence-electron chi connectivity index (χ2n) is 15.1. The number of aliphatic hydroxyl groups excluding tert-OH is 3. The summed E-state index contributed by atoms with van der Waals surface area (Å²) in [6.07, 6.45) is 8.78. The smallest absolute Gasteiger partial charge is 0.252 e. The second kappa shape index (κ2) is 15.5. The van der Waals surface area contributed by atoms with Crippen molar-refractivity contribution in [2.24, 2.45) is 27.8 Å². The molecule has 0 radical (unpaired) electrons. The Bertz CT molecular complexity index is 1970. The number of hydrogen-bond acceptors (Lipinski definition) is 10. The van der Waals surface area contributed by atoms with Crippen molar-refractivity contribution in [2.45, 2.75) is 108 Å². The Labute approximate surface area is 310 Å². The molecule has 1 fully saturated rings. The summed E-state index contributed by atoms with van der Waals surface area (Å²) in [6.45, 7) is 2.51. The molecule has 4 aliphatic heterocycles. The molecule has 1 saturated carbocycles. The zero-order valence-corrected chi connectivity index (χ0v) is 30.1. The van der Waals surface area contributed by atoms with Crippen LogP contribution in [0.4, 0.5) is 0 Å². The highest BCUT2D eigenvalue weighted by Gasteiger charge is 2.51. The van der Waals surface area contributed by atoms with E-state index in [0.29, 0.717) is 36.3 Å². The minimum Gasteiger partial charge on any atom is -0.508 e. The van der Waals surface area contributed by atoms with Crippen LogP contribution in [0.3, 0.4) is 0 Å². The molecule has 2 aromatic rings. The van der Waals surface area contributed by atoms with E-state index in [1.807, 2.05) is 31.3 Å². The summed E-state index contributed by atoms with van der Waals surface area (Å²) in [7, 11) is 0. The van der Waals surface area contributed by atoms with Crippen molar-refractivity contribution in [1.82, 2.24) is 0 Å². The van der Waals surface area contributed by atoms with Crippen LogP contribution in [-0.4, -0.2) is 56.9 Å². The van der Waals surface area contributed by atoms with E-state index in [-0.39, 0.29) is 43.0 Å². The van der Waals surface area contributed by atoms with E-state index in [1.165, 1.54) is 6.07 Å². The van der Waals surface area contributed by atoms with E-state index in [1.54, 1.807) is 6.07 Å². The number of aliphatic imine (C=N–C) groups is 1. The maximum Gasteiger partial charge on any atom is 0.252 e. The number of carbonyl (C=O) groups is 1. The molecule has 6 atom stereocenters. The maximum atomic E-state index is 12.9. The van der Waals surface area contributed by atoms with Gasteiger partial charge in [0, 0.05) is 31.5 Å². The van der Waals surface area contributed by atoms with Crippen molar-refractivity contribution < 1.29 is 39.6 Å². The number of nitrogens with one attached hydrogen (secondary N) is 1. The lowest BCUT2D eigenvalue weighted by atomic mass is 9.73. The number of carbonyl (C=O) groups excluding carboxylic acids is 1. The Morgan fingerprint density at radius 1 is 1.11 bits per heavy atom. The number of Topliss-reactive ketones (excluding diaryl/α,β-unsaturated/α-hetero) is 1. The normalized spacial score (nSPS) is 24.6. The number of fused-ring (bicyclic) bond motifs is 6. The maximum absolute atomic E-state index is 12.9. The van der Waals surface area contributed by atoms with E-state index in [4.69, 9.17) is 25.9 Å². The molecule has 278 valence electrons. The van der Waals surface area contributed by atoms with Crippen LogP contribution in [0.1, 0.15) is 99.2 Å². The van der Waals surface area contributed by atoms with Gasteiger partial charge >= 0.3 is 0 Å². The minimum absolute atomic E-state index is 0.0550. The monoisotopic (exact) mass is 721 g/mol. The molecule has 11 nitrogen and oxygen atoms in total. The van der Waals surface area contributed by atoms with Gasteiger partial charge in [-0.05, 0) is 66.0 Å². The number of phenolic OH excluding ortho intramolecular Hbond substituents is 1. The molecule has 5 aliphatic rings. The minimum atomic E-state index is -1.09. The fourth-order valence-electron chi connectivity index (χ4n) is 8.41. The molecule has 2 aromatic carbocycles. The highest BCUT2D eigenvalue weighted by Crippen LogP contribution is 2.47. The third kappa shape index (κ3) is 7.78. The zero-order chi connectivity index (χ0) is 37.3. The largest absolute Gasteiger partial charge is 0.508 e. The Morgan fingerprint density at radius 2 is 1.92 bits per heavy atom. The molecule has 11 heteroatoms. The number of aromatic hydroxyl groups is 1. The standard InChI is InChI=1S/C42H48N4O7/c1-2-5-29(47)19-31(49)20-30(48)8-6-25-18-39-38(21-37(25)51)52-15-14-42(12-3-4-13-42)34-10-11-36(50)32-9-7-26(40(43)44)16-27(32)17-28-22-45-35-24-46(23-33(28)35)41(34)53-39/h7,9,16,18,21-23,29,31,34,36,40-41,47,49-51H,2-6,8,12-13,17,19-20,24,43-44H2,1H3/p+1/t29-,31+,34+,36-,41+/m0/s1. The van der Waals surface area contributed by atoms with Crippen LogP contribution >= 0.6 is 0 Å². The number of nitrogens with zero attached hydrogens (tertiary/aromatic N) is 1. The number of ketones is 1. The van der Waals surface area contributed by atoms with Crippen LogP contribution in [0.2, 0.25) is 0 Å². The second-order valence-corrected chi connectivity index (χ2v) is 15.1. The first-order chi connectivity index (χ1) is 25.5. The van der Waals surface area contributed by atoms with Crippen molar-refractivity contribution in [3.63, 3.8) is 0 Å². The molecular weight excluding hydrogens is 672 g/mol. The lowest BCUT2D eigenvalue weighted by Crippen LogP contribution is -3.13. The number of ether oxygens (including phenoxy) is 2. The number of rotatable bonds is 10. The van der Waals surface area contributed by atoms with Crippen molar-refractivity contribution in [1.29, 1.82) is 0 Å². The number of benzene rings is 2.